The summed E-state index contributed by atoms with van der Waals surface area (Å²) in [5.74, 6) is 0.825. The summed E-state index contributed by atoms with van der Waals surface area (Å²) in [6.45, 7) is 5.65. The van der Waals surface area contributed by atoms with Gasteiger partial charge in [0, 0.05) is 31.0 Å². The third-order valence-electron chi connectivity index (χ3n) is 3.24. The molecule has 0 saturated carbocycles. The van der Waals surface area contributed by atoms with E-state index in [-0.39, 0.29) is 5.91 Å². The highest BCUT2D eigenvalue weighted by Gasteiger charge is 2.22. The van der Waals surface area contributed by atoms with Crippen LogP contribution in [0.3, 0.4) is 0 Å². The van der Waals surface area contributed by atoms with Crippen LogP contribution in [0.1, 0.15) is 29.6 Å². The Balaban J connectivity index is 1.97. The van der Waals surface area contributed by atoms with Crippen LogP contribution in [-0.2, 0) is 0 Å². The van der Waals surface area contributed by atoms with Crippen LogP contribution in [-0.4, -0.2) is 28.9 Å². The topological polar surface area (TPSA) is 33.2 Å². The molecule has 1 aromatic heterocycles. The van der Waals surface area contributed by atoms with Gasteiger partial charge in [-0.15, -0.1) is 0 Å². The van der Waals surface area contributed by atoms with Crippen LogP contribution in [0.2, 0.25) is 0 Å². The van der Waals surface area contributed by atoms with E-state index in [1.165, 1.54) is 0 Å². The van der Waals surface area contributed by atoms with Gasteiger partial charge in [0.05, 0.1) is 0 Å². The van der Waals surface area contributed by atoms with Gasteiger partial charge in [-0.25, -0.2) is 0 Å². The number of hydrogen-bond donors (Lipinski definition) is 0. The summed E-state index contributed by atoms with van der Waals surface area (Å²) in [6.07, 6.45) is 6.48. The van der Waals surface area contributed by atoms with Crippen molar-refractivity contribution in [2.75, 3.05) is 13.1 Å². The van der Waals surface area contributed by atoms with E-state index in [1.54, 1.807) is 24.5 Å². The Kier molecular flexibility index (Phi) is 3.54. The Morgan fingerprint density at radius 1 is 1.38 bits per heavy atom. The Morgan fingerprint density at radius 3 is 2.56 bits per heavy atom. The molecule has 2 rings (SSSR count). The highest BCUT2D eigenvalue weighted by atomic mass is 16.2. The number of likely N-dealkylation sites (tertiary alicyclic amines) is 1. The number of carbonyl (C=O) groups is 1. The molecule has 0 atom stereocenters. The molecule has 0 aromatic carbocycles. The molecule has 1 aliphatic rings. The predicted molar refractivity (Wildman–Crippen MR) is 62.8 cm³/mol. The van der Waals surface area contributed by atoms with Crippen molar-refractivity contribution in [1.82, 2.24) is 9.88 Å². The van der Waals surface area contributed by atoms with Crippen LogP contribution < -0.4 is 0 Å². The molecule has 0 aliphatic carbocycles. The number of rotatable bonds is 2. The van der Waals surface area contributed by atoms with Crippen LogP contribution >= 0.6 is 0 Å². The number of nitrogens with zero attached hydrogens (tertiary/aromatic N) is 2. The maximum absolute atomic E-state index is 12.1. The first-order chi connectivity index (χ1) is 7.81. The van der Waals surface area contributed by atoms with E-state index in [0.29, 0.717) is 5.92 Å². The summed E-state index contributed by atoms with van der Waals surface area (Å²) in [5, 5.41) is 0. The molecule has 1 amide bonds. The van der Waals surface area contributed by atoms with Crippen molar-refractivity contribution in [1.29, 1.82) is 0 Å². The van der Waals surface area contributed by atoms with Crippen molar-refractivity contribution in [2.45, 2.75) is 19.3 Å². The zero-order valence-electron chi connectivity index (χ0n) is 9.43. The number of amides is 1. The van der Waals surface area contributed by atoms with Crippen LogP contribution in [0.25, 0.3) is 0 Å². The van der Waals surface area contributed by atoms with Crippen LogP contribution in [0, 0.1) is 12.8 Å². The summed E-state index contributed by atoms with van der Waals surface area (Å²) in [7, 11) is 0. The molecule has 0 unspecified atom stereocenters. The van der Waals surface area contributed by atoms with Gasteiger partial charge in [0.1, 0.15) is 0 Å². The summed E-state index contributed by atoms with van der Waals surface area (Å²) in [6, 6.07) is 3.55. The quantitative estimate of drug-likeness (QED) is 0.760. The van der Waals surface area contributed by atoms with Crippen molar-refractivity contribution < 1.29 is 4.79 Å². The molecule has 0 spiro atoms. The fourth-order valence-corrected chi connectivity index (χ4v) is 2.10. The second kappa shape index (κ2) is 5.10. The van der Waals surface area contributed by atoms with Crippen molar-refractivity contribution in [2.24, 2.45) is 5.92 Å². The lowest BCUT2D eigenvalue weighted by Gasteiger charge is -2.31. The summed E-state index contributed by atoms with van der Waals surface area (Å²) in [4.78, 5) is 17.9. The standard InChI is InChI=1S/C13H17N2O/c1-2-11-5-9-15(10-6-11)13(16)12-3-7-14-8-4-12/h3-4,7-8,11H,1-2,5-6,9-10H2. The maximum atomic E-state index is 12.1. The molecule has 1 aliphatic heterocycles. The van der Waals surface area contributed by atoms with E-state index >= 15 is 0 Å². The van der Waals surface area contributed by atoms with Gasteiger partial charge >= 0.3 is 0 Å². The number of aromatic nitrogens is 1. The molecule has 16 heavy (non-hydrogen) atoms. The zero-order valence-corrected chi connectivity index (χ0v) is 9.43. The molecule has 3 heteroatoms. The van der Waals surface area contributed by atoms with Gasteiger partial charge in [-0.2, -0.15) is 0 Å². The lowest BCUT2D eigenvalue weighted by molar-refractivity contribution is 0.0691. The molecule has 2 heterocycles. The van der Waals surface area contributed by atoms with Gasteiger partial charge in [0.2, 0.25) is 0 Å². The van der Waals surface area contributed by atoms with Gasteiger partial charge in [-0.05, 0) is 30.9 Å². The van der Waals surface area contributed by atoms with E-state index in [2.05, 4.69) is 11.9 Å². The lowest BCUT2D eigenvalue weighted by atomic mass is 9.94. The van der Waals surface area contributed by atoms with Crippen LogP contribution in [0.4, 0.5) is 0 Å². The molecule has 1 fully saturated rings. The second-order valence-corrected chi connectivity index (χ2v) is 4.26. The van der Waals surface area contributed by atoms with E-state index in [0.717, 1.165) is 37.9 Å². The fourth-order valence-electron chi connectivity index (χ4n) is 2.10. The molecular formula is C13H17N2O. The minimum Gasteiger partial charge on any atom is -0.339 e. The van der Waals surface area contributed by atoms with Crippen molar-refractivity contribution in [3.63, 3.8) is 0 Å². The first-order valence-corrected chi connectivity index (χ1v) is 5.80. The van der Waals surface area contributed by atoms with Gasteiger partial charge in [-0.3, -0.25) is 9.78 Å². The largest absolute Gasteiger partial charge is 0.339 e. The van der Waals surface area contributed by atoms with Crippen LogP contribution in [0.5, 0.6) is 0 Å². The maximum Gasteiger partial charge on any atom is 0.253 e. The van der Waals surface area contributed by atoms with E-state index in [4.69, 9.17) is 0 Å². The van der Waals surface area contributed by atoms with Gasteiger partial charge in [0.25, 0.3) is 5.91 Å². The number of carbonyl (C=O) groups excluding carboxylic acids is 1. The molecule has 85 valence electrons. The monoisotopic (exact) mass is 217 g/mol. The van der Waals surface area contributed by atoms with Crippen molar-refractivity contribution >= 4 is 5.91 Å². The average Bonchev–Trinajstić information content (AvgIpc) is 2.39. The Labute approximate surface area is 96.5 Å². The van der Waals surface area contributed by atoms with Gasteiger partial charge in [-0.1, -0.05) is 13.3 Å². The van der Waals surface area contributed by atoms with Crippen molar-refractivity contribution in [3.8, 4) is 0 Å². The van der Waals surface area contributed by atoms with Gasteiger partial charge in [0.15, 0.2) is 0 Å². The highest BCUT2D eigenvalue weighted by molar-refractivity contribution is 5.94. The third kappa shape index (κ3) is 2.40. The summed E-state index contributed by atoms with van der Waals surface area (Å²) in [5.41, 5.74) is 0.739. The molecule has 1 radical (unpaired) electrons. The van der Waals surface area contributed by atoms with E-state index in [9.17, 15) is 4.79 Å². The predicted octanol–water partition coefficient (Wildman–Crippen LogP) is 2.16. The molecule has 1 aromatic rings. The molecule has 0 bridgehead atoms. The van der Waals surface area contributed by atoms with Gasteiger partial charge < -0.3 is 4.90 Å². The summed E-state index contributed by atoms with van der Waals surface area (Å²) >= 11 is 0. The first kappa shape index (κ1) is 11.1. The molecular weight excluding hydrogens is 200 g/mol. The Hall–Kier alpha value is -1.38. The summed E-state index contributed by atoms with van der Waals surface area (Å²) < 4.78 is 0. The second-order valence-electron chi connectivity index (χ2n) is 4.26. The average molecular weight is 217 g/mol. The first-order valence-electron chi connectivity index (χ1n) is 5.80. The normalized spacial score (nSPS) is 17.4. The smallest absolute Gasteiger partial charge is 0.253 e. The number of hydrogen-bond acceptors (Lipinski definition) is 2. The third-order valence-corrected chi connectivity index (χ3v) is 3.24. The minimum absolute atomic E-state index is 0.130. The Morgan fingerprint density at radius 2 is 2.00 bits per heavy atom. The fraction of sp³-hybridized carbons (Fsp3) is 0.462. The molecule has 3 nitrogen and oxygen atoms in total. The highest BCUT2D eigenvalue weighted by Crippen LogP contribution is 2.20. The van der Waals surface area contributed by atoms with Crippen LogP contribution in [0.15, 0.2) is 24.5 Å². The SMILES string of the molecule is [CH2]CC1CCN(C(=O)c2ccncc2)CC1. The zero-order chi connectivity index (χ0) is 11.4. The molecule has 1 saturated heterocycles. The Bertz CT molecular complexity index is 342. The van der Waals surface area contributed by atoms with E-state index < -0.39 is 0 Å². The minimum atomic E-state index is 0.130. The number of piperidine rings is 1. The number of pyridine rings is 1. The van der Waals surface area contributed by atoms with E-state index in [1.807, 2.05) is 4.90 Å². The lowest BCUT2D eigenvalue weighted by Crippen LogP contribution is -2.38. The van der Waals surface area contributed by atoms with Crippen molar-refractivity contribution in [3.05, 3.63) is 37.0 Å². The molecule has 0 N–H and O–H groups in total.